The molecule has 34 heavy (non-hydrogen) atoms. The lowest BCUT2D eigenvalue weighted by Gasteiger charge is -2.34. The van der Waals surface area contributed by atoms with Gasteiger partial charge in [0, 0.05) is 38.5 Å². The lowest BCUT2D eigenvalue weighted by molar-refractivity contribution is 0.0657. The molecule has 1 amide bonds. The molecule has 0 atom stereocenters. The molecule has 3 rings (SSSR count). The molecule has 9 nitrogen and oxygen atoms in total. The zero-order chi connectivity index (χ0) is 24.9. The third-order valence-electron chi connectivity index (χ3n) is 5.68. The largest absolute Gasteiger partial charge is 0.447 e. The Hall–Kier alpha value is -2.95. The van der Waals surface area contributed by atoms with Gasteiger partial charge in [0.2, 0.25) is 0 Å². The highest BCUT2D eigenvalue weighted by atomic mass is 32.2. The minimum absolute atomic E-state index is 0.0837. The molecular weight excluding hydrogens is 461 g/mol. The van der Waals surface area contributed by atoms with Crippen molar-refractivity contribution in [1.29, 1.82) is 0 Å². The summed E-state index contributed by atoms with van der Waals surface area (Å²) in [4.78, 5) is 24.5. The van der Waals surface area contributed by atoms with Crippen molar-refractivity contribution in [3.8, 4) is 0 Å². The van der Waals surface area contributed by atoms with Crippen molar-refractivity contribution in [1.82, 2.24) is 14.9 Å². The number of rotatable bonds is 8. The van der Waals surface area contributed by atoms with E-state index in [0.29, 0.717) is 30.6 Å². The maximum atomic E-state index is 14.4. The van der Waals surface area contributed by atoms with Crippen molar-refractivity contribution in [2.24, 2.45) is 5.92 Å². The molecule has 0 aliphatic carbocycles. The lowest BCUT2D eigenvalue weighted by atomic mass is 9.96. The van der Waals surface area contributed by atoms with Crippen molar-refractivity contribution in [2.45, 2.75) is 44.6 Å². The summed E-state index contributed by atoms with van der Waals surface area (Å²) in [5, 5.41) is 2.90. The topological polar surface area (TPSA) is 105 Å². The van der Waals surface area contributed by atoms with Crippen molar-refractivity contribution >= 4 is 33.3 Å². The fraction of sp³-hybridized carbons (Fsp3) is 0.522. The van der Waals surface area contributed by atoms with Gasteiger partial charge in [-0.05, 0) is 57.7 Å². The number of carbonyl (C=O) groups excluding carboxylic acids is 1. The summed E-state index contributed by atoms with van der Waals surface area (Å²) in [5.74, 6) is 0.823. The van der Waals surface area contributed by atoms with Crippen LogP contribution in [-0.4, -0.2) is 67.9 Å². The number of halogens is 1. The molecule has 1 saturated heterocycles. The number of piperidine rings is 1. The standard InChI is InChI=1S/C23H32FN5O4S/c1-5-28(14-17-8-10-29(11-9-17)23(30)33-16(2)3)22-13-21(25-15-26-22)27-20-7-6-18(12-19(20)24)34(4,31)32/h6-7,12-13,15-17H,5,8-11,14H2,1-4H3,(H,25,26,27). The Kier molecular flexibility index (Phi) is 8.29. The molecule has 2 aromatic rings. The maximum Gasteiger partial charge on any atom is 0.410 e. The molecule has 0 saturated carbocycles. The molecule has 1 aliphatic rings. The van der Waals surface area contributed by atoms with Crippen molar-refractivity contribution < 1.29 is 22.3 Å². The summed E-state index contributed by atoms with van der Waals surface area (Å²) in [6, 6.07) is 5.46. The summed E-state index contributed by atoms with van der Waals surface area (Å²) >= 11 is 0. The van der Waals surface area contributed by atoms with Crippen LogP contribution in [0.4, 0.5) is 26.5 Å². The molecule has 1 N–H and O–H groups in total. The number of aromatic nitrogens is 2. The predicted molar refractivity (Wildman–Crippen MR) is 129 cm³/mol. The summed E-state index contributed by atoms with van der Waals surface area (Å²) in [7, 11) is -3.49. The smallest absolute Gasteiger partial charge is 0.410 e. The summed E-state index contributed by atoms with van der Waals surface area (Å²) in [5.41, 5.74) is 0.126. The number of hydrogen-bond acceptors (Lipinski definition) is 8. The molecule has 1 aromatic carbocycles. The molecule has 11 heteroatoms. The van der Waals surface area contributed by atoms with Crippen molar-refractivity contribution in [3.63, 3.8) is 0 Å². The normalized spacial score (nSPS) is 14.8. The molecule has 0 spiro atoms. The number of sulfone groups is 1. The summed E-state index contributed by atoms with van der Waals surface area (Å²) in [6.07, 6.45) is 3.80. The van der Waals surface area contributed by atoms with Gasteiger partial charge in [0.15, 0.2) is 9.84 Å². The van der Waals surface area contributed by atoms with Crippen LogP contribution in [0.25, 0.3) is 0 Å². The van der Waals surface area contributed by atoms with Gasteiger partial charge in [-0.1, -0.05) is 0 Å². The minimum Gasteiger partial charge on any atom is -0.447 e. The quantitative estimate of drug-likeness (QED) is 0.591. The summed E-state index contributed by atoms with van der Waals surface area (Å²) in [6.45, 7) is 8.54. The number of ether oxygens (including phenoxy) is 1. The average Bonchev–Trinajstić information content (AvgIpc) is 2.78. The highest BCUT2D eigenvalue weighted by molar-refractivity contribution is 7.90. The van der Waals surface area contributed by atoms with Gasteiger partial charge >= 0.3 is 6.09 Å². The van der Waals surface area contributed by atoms with E-state index < -0.39 is 15.7 Å². The first-order valence-electron chi connectivity index (χ1n) is 11.4. The number of carbonyl (C=O) groups is 1. The van der Waals surface area contributed by atoms with E-state index in [1.165, 1.54) is 18.5 Å². The van der Waals surface area contributed by atoms with E-state index in [9.17, 15) is 17.6 Å². The number of hydrogen-bond donors (Lipinski definition) is 1. The van der Waals surface area contributed by atoms with Crippen LogP contribution < -0.4 is 10.2 Å². The van der Waals surface area contributed by atoms with E-state index in [4.69, 9.17) is 4.74 Å². The van der Waals surface area contributed by atoms with Gasteiger partial charge in [-0.3, -0.25) is 0 Å². The zero-order valence-electron chi connectivity index (χ0n) is 20.0. The SMILES string of the molecule is CCN(CC1CCN(C(=O)OC(C)C)CC1)c1cc(Nc2ccc(S(C)(=O)=O)cc2F)ncn1. The zero-order valence-corrected chi connectivity index (χ0v) is 20.8. The van der Waals surface area contributed by atoms with Gasteiger partial charge in [-0.15, -0.1) is 0 Å². The molecule has 1 aliphatic heterocycles. The van der Waals surface area contributed by atoms with E-state index in [2.05, 4.69) is 20.2 Å². The number of likely N-dealkylation sites (tertiary alicyclic amines) is 1. The van der Waals surface area contributed by atoms with Crippen molar-refractivity contribution in [3.05, 3.63) is 36.4 Å². The second-order valence-electron chi connectivity index (χ2n) is 8.70. The Balaban J connectivity index is 1.63. The second kappa shape index (κ2) is 11.0. The molecule has 2 heterocycles. The maximum absolute atomic E-state index is 14.4. The van der Waals surface area contributed by atoms with Crippen LogP contribution in [-0.2, 0) is 14.6 Å². The lowest BCUT2D eigenvalue weighted by Crippen LogP contribution is -2.42. The van der Waals surface area contributed by atoms with Crippen LogP contribution in [0.5, 0.6) is 0 Å². The highest BCUT2D eigenvalue weighted by Gasteiger charge is 2.26. The number of nitrogens with one attached hydrogen (secondary N) is 1. The summed E-state index contributed by atoms with van der Waals surface area (Å²) < 4.78 is 43.0. The first-order chi connectivity index (χ1) is 16.1. The van der Waals surface area contributed by atoms with Crippen LogP contribution in [0.2, 0.25) is 0 Å². The molecule has 186 valence electrons. The Morgan fingerprint density at radius 2 is 1.97 bits per heavy atom. The Bertz CT molecular complexity index is 1100. The number of benzene rings is 1. The van der Waals surface area contributed by atoms with Gasteiger partial charge in [0.25, 0.3) is 0 Å². The van der Waals surface area contributed by atoms with E-state index in [0.717, 1.165) is 38.3 Å². The van der Waals surface area contributed by atoms with E-state index in [1.54, 1.807) is 11.0 Å². The van der Waals surface area contributed by atoms with Crippen LogP contribution in [0.3, 0.4) is 0 Å². The van der Waals surface area contributed by atoms with Gasteiger partial charge in [-0.2, -0.15) is 0 Å². The Labute approximate surface area is 200 Å². The fourth-order valence-corrected chi connectivity index (χ4v) is 4.46. The van der Waals surface area contributed by atoms with Gasteiger partial charge in [-0.25, -0.2) is 27.6 Å². The number of amides is 1. The molecule has 0 radical (unpaired) electrons. The van der Waals surface area contributed by atoms with Gasteiger partial charge in [0.1, 0.15) is 23.8 Å². The van der Waals surface area contributed by atoms with Crippen molar-refractivity contribution in [2.75, 3.05) is 42.7 Å². The highest BCUT2D eigenvalue weighted by Crippen LogP contribution is 2.25. The molecular formula is C23H32FN5O4S. The van der Waals surface area contributed by atoms with E-state index in [1.807, 2.05) is 20.8 Å². The number of anilines is 3. The average molecular weight is 494 g/mol. The van der Waals surface area contributed by atoms with E-state index in [-0.39, 0.29) is 22.8 Å². The number of nitrogens with zero attached hydrogens (tertiary/aromatic N) is 4. The third kappa shape index (κ3) is 6.78. The van der Waals surface area contributed by atoms with E-state index >= 15 is 0 Å². The third-order valence-corrected chi connectivity index (χ3v) is 6.79. The van der Waals surface area contributed by atoms with Crippen LogP contribution in [0, 0.1) is 11.7 Å². The first kappa shape index (κ1) is 25.7. The Morgan fingerprint density at radius 1 is 1.26 bits per heavy atom. The van der Waals surface area contributed by atoms with Gasteiger partial charge in [0.05, 0.1) is 16.7 Å². The molecule has 1 aromatic heterocycles. The minimum atomic E-state index is -3.49. The van der Waals surface area contributed by atoms with Crippen LogP contribution in [0.15, 0.2) is 35.5 Å². The van der Waals surface area contributed by atoms with Crippen LogP contribution in [0.1, 0.15) is 33.6 Å². The second-order valence-corrected chi connectivity index (χ2v) is 10.7. The molecule has 1 fully saturated rings. The first-order valence-corrected chi connectivity index (χ1v) is 13.2. The monoisotopic (exact) mass is 493 g/mol. The molecule has 0 bridgehead atoms. The van der Waals surface area contributed by atoms with Gasteiger partial charge < -0.3 is 19.9 Å². The Morgan fingerprint density at radius 3 is 2.56 bits per heavy atom. The predicted octanol–water partition coefficient (Wildman–Crippen LogP) is 3.85. The fourth-order valence-electron chi connectivity index (χ4n) is 3.82. The van der Waals surface area contributed by atoms with Crippen LogP contribution >= 0.6 is 0 Å². The molecule has 0 unspecified atom stereocenters.